The molecule has 0 spiro atoms. The minimum atomic E-state index is -0.202. The van der Waals surface area contributed by atoms with Crippen molar-refractivity contribution in [2.75, 3.05) is 19.6 Å². The largest absolute Gasteiger partial charge is 0.393 e. The van der Waals surface area contributed by atoms with E-state index in [-0.39, 0.29) is 11.9 Å². The second-order valence-electron chi connectivity index (χ2n) is 7.57. The lowest BCUT2D eigenvalue weighted by Crippen LogP contribution is -2.35. The van der Waals surface area contributed by atoms with E-state index in [0.29, 0.717) is 5.56 Å². The van der Waals surface area contributed by atoms with Gasteiger partial charge in [-0.2, -0.15) is 0 Å². The summed E-state index contributed by atoms with van der Waals surface area (Å²) in [7, 11) is 0. The molecule has 4 rings (SSSR count). The van der Waals surface area contributed by atoms with Crippen molar-refractivity contribution in [3.05, 3.63) is 102 Å². The molecule has 0 saturated carbocycles. The quantitative estimate of drug-likeness (QED) is 0.635. The molecule has 0 atom stereocenters. The molecule has 3 aromatic rings. The molecule has 0 aliphatic carbocycles. The molecule has 0 radical (unpaired) electrons. The van der Waals surface area contributed by atoms with E-state index in [9.17, 15) is 9.50 Å². The van der Waals surface area contributed by atoms with Gasteiger partial charge in [0.25, 0.3) is 0 Å². The van der Waals surface area contributed by atoms with Crippen LogP contribution in [0.4, 0.5) is 4.39 Å². The molecule has 1 aliphatic heterocycles. The van der Waals surface area contributed by atoms with Gasteiger partial charge in [0.05, 0.1) is 6.10 Å². The van der Waals surface area contributed by atoms with E-state index in [1.165, 1.54) is 17.2 Å². The number of piperidine rings is 1. The number of likely N-dealkylation sites (tertiary alicyclic amines) is 1. The van der Waals surface area contributed by atoms with Gasteiger partial charge in [-0.05, 0) is 41.2 Å². The van der Waals surface area contributed by atoms with Crippen LogP contribution < -0.4 is 0 Å². The molecule has 0 unspecified atom stereocenters. The summed E-state index contributed by atoms with van der Waals surface area (Å²) in [6.07, 6.45) is 3.79. The lowest BCUT2D eigenvalue weighted by Gasteiger charge is -2.28. The molecule has 3 heteroatoms. The molecular formula is C26H26FNO. The van der Waals surface area contributed by atoms with Crippen LogP contribution >= 0.6 is 0 Å². The molecule has 2 nitrogen and oxygen atoms in total. The summed E-state index contributed by atoms with van der Waals surface area (Å²) in [5.74, 6) is -0.202. The number of hydrogen-bond donors (Lipinski definition) is 1. The Morgan fingerprint density at radius 3 is 2.17 bits per heavy atom. The van der Waals surface area contributed by atoms with Gasteiger partial charge in [-0.25, -0.2) is 4.39 Å². The van der Waals surface area contributed by atoms with Gasteiger partial charge in [0.2, 0.25) is 0 Å². The maximum Gasteiger partial charge on any atom is 0.131 e. The summed E-state index contributed by atoms with van der Waals surface area (Å²) in [4.78, 5) is 2.38. The molecule has 0 bridgehead atoms. The minimum absolute atomic E-state index is 0.158. The average Bonchev–Trinajstić information content (AvgIpc) is 2.77. The molecule has 0 amide bonds. The van der Waals surface area contributed by atoms with Crippen LogP contribution in [0.2, 0.25) is 0 Å². The first-order valence-corrected chi connectivity index (χ1v) is 10.2. The lowest BCUT2D eigenvalue weighted by molar-refractivity contribution is 0.0881. The SMILES string of the molecule is OC1CCN(CC=C(c2ccccc2)c2ccc(-c3ccccc3F)cc2)CC1. The Bertz CT molecular complexity index is 958. The topological polar surface area (TPSA) is 23.5 Å². The second-order valence-corrected chi connectivity index (χ2v) is 7.57. The maximum atomic E-state index is 14.1. The molecule has 0 aromatic heterocycles. The first-order valence-electron chi connectivity index (χ1n) is 10.2. The second kappa shape index (κ2) is 9.17. The van der Waals surface area contributed by atoms with Crippen molar-refractivity contribution in [1.82, 2.24) is 4.90 Å². The van der Waals surface area contributed by atoms with Gasteiger partial charge in [-0.3, -0.25) is 4.90 Å². The van der Waals surface area contributed by atoms with Crippen molar-refractivity contribution >= 4 is 5.57 Å². The smallest absolute Gasteiger partial charge is 0.131 e. The Balaban J connectivity index is 1.61. The van der Waals surface area contributed by atoms with E-state index >= 15 is 0 Å². The van der Waals surface area contributed by atoms with Crippen molar-refractivity contribution in [2.45, 2.75) is 18.9 Å². The van der Waals surface area contributed by atoms with E-state index in [0.717, 1.165) is 43.6 Å². The maximum absolute atomic E-state index is 14.1. The third-order valence-corrected chi connectivity index (χ3v) is 5.58. The van der Waals surface area contributed by atoms with Crippen LogP contribution in [0.1, 0.15) is 24.0 Å². The van der Waals surface area contributed by atoms with Crippen molar-refractivity contribution in [2.24, 2.45) is 0 Å². The third kappa shape index (κ3) is 4.81. The summed E-state index contributed by atoms with van der Waals surface area (Å²) < 4.78 is 14.1. The fraction of sp³-hybridized carbons (Fsp3) is 0.231. The van der Waals surface area contributed by atoms with Crippen LogP contribution in [0.3, 0.4) is 0 Å². The van der Waals surface area contributed by atoms with Gasteiger partial charge in [0, 0.05) is 25.2 Å². The van der Waals surface area contributed by atoms with Crippen LogP contribution in [0, 0.1) is 5.82 Å². The van der Waals surface area contributed by atoms with Crippen LogP contribution in [0.5, 0.6) is 0 Å². The van der Waals surface area contributed by atoms with E-state index in [1.54, 1.807) is 6.07 Å². The molecule has 1 fully saturated rings. The van der Waals surface area contributed by atoms with Crippen LogP contribution in [-0.4, -0.2) is 35.7 Å². The Labute approximate surface area is 171 Å². The molecule has 29 heavy (non-hydrogen) atoms. The molecule has 1 heterocycles. The highest BCUT2D eigenvalue weighted by Gasteiger charge is 2.16. The standard InChI is InChI=1S/C26H26FNO/c27-26-9-5-4-8-25(26)22-12-10-21(11-13-22)24(20-6-2-1-3-7-20)16-19-28-17-14-23(29)15-18-28/h1-13,16,23,29H,14-15,17-19H2. The van der Waals surface area contributed by atoms with E-state index in [4.69, 9.17) is 0 Å². The summed E-state index contributed by atoms with van der Waals surface area (Å²) in [5.41, 5.74) is 4.97. The van der Waals surface area contributed by atoms with Crippen molar-refractivity contribution in [3.8, 4) is 11.1 Å². The summed E-state index contributed by atoms with van der Waals surface area (Å²) in [6, 6.07) is 25.4. The highest BCUT2D eigenvalue weighted by Crippen LogP contribution is 2.28. The zero-order valence-corrected chi connectivity index (χ0v) is 16.5. The third-order valence-electron chi connectivity index (χ3n) is 5.58. The zero-order chi connectivity index (χ0) is 20.1. The van der Waals surface area contributed by atoms with Crippen LogP contribution in [0.15, 0.2) is 84.9 Å². The van der Waals surface area contributed by atoms with Crippen LogP contribution in [-0.2, 0) is 0 Å². The number of halogens is 1. The zero-order valence-electron chi connectivity index (χ0n) is 16.5. The predicted molar refractivity (Wildman–Crippen MR) is 117 cm³/mol. The van der Waals surface area contributed by atoms with E-state index in [2.05, 4.69) is 35.2 Å². The Morgan fingerprint density at radius 1 is 0.862 bits per heavy atom. The van der Waals surface area contributed by atoms with Gasteiger partial charge in [0.15, 0.2) is 0 Å². The first-order chi connectivity index (χ1) is 14.2. The van der Waals surface area contributed by atoms with Gasteiger partial charge in [-0.1, -0.05) is 78.9 Å². The number of nitrogens with zero attached hydrogens (tertiary/aromatic N) is 1. The molecule has 1 aliphatic rings. The number of hydrogen-bond acceptors (Lipinski definition) is 2. The highest BCUT2D eigenvalue weighted by atomic mass is 19.1. The summed E-state index contributed by atoms with van der Waals surface area (Å²) in [5, 5.41) is 9.73. The summed E-state index contributed by atoms with van der Waals surface area (Å²) >= 11 is 0. The molecule has 1 N–H and O–H groups in total. The number of rotatable bonds is 5. The Morgan fingerprint density at radius 2 is 1.48 bits per heavy atom. The Hall–Kier alpha value is -2.75. The predicted octanol–water partition coefficient (Wildman–Crippen LogP) is 5.38. The monoisotopic (exact) mass is 387 g/mol. The average molecular weight is 387 g/mol. The van der Waals surface area contributed by atoms with E-state index < -0.39 is 0 Å². The molecule has 1 saturated heterocycles. The first kappa shape index (κ1) is 19.6. The fourth-order valence-corrected chi connectivity index (χ4v) is 3.87. The highest BCUT2D eigenvalue weighted by molar-refractivity contribution is 5.81. The molecular weight excluding hydrogens is 361 g/mol. The summed E-state index contributed by atoms with van der Waals surface area (Å²) in [6.45, 7) is 2.70. The van der Waals surface area contributed by atoms with E-state index in [1.807, 2.05) is 42.5 Å². The lowest BCUT2D eigenvalue weighted by atomic mass is 9.95. The van der Waals surface area contributed by atoms with Crippen molar-refractivity contribution < 1.29 is 9.50 Å². The number of benzene rings is 3. The number of aliphatic hydroxyl groups is 1. The molecule has 148 valence electrons. The van der Waals surface area contributed by atoms with Crippen LogP contribution in [0.25, 0.3) is 16.7 Å². The van der Waals surface area contributed by atoms with Crippen molar-refractivity contribution in [3.63, 3.8) is 0 Å². The fourth-order valence-electron chi connectivity index (χ4n) is 3.87. The number of aliphatic hydroxyl groups excluding tert-OH is 1. The Kier molecular flexibility index (Phi) is 6.18. The van der Waals surface area contributed by atoms with Gasteiger partial charge < -0.3 is 5.11 Å². The molecule has 3 aromatic carbocycles. The minimum Gasteiger partial charge on any atom is -0.393 e. The normalized spacial score (nSPS) is 16.1. The van der Waals surface area contributed by atoms with Gasteiger partial charge in [-0.15, -0.1) is 0 Å². The van der Waals surface area contributed by atoms with Gasteiger partial charge in [0.1, 0.15) is 5.82 Å². The van der Waals surface area contributed by atoms with Gasteiger partial charge >= 0.3 is 0 Å². The van der Waals surface area contributed by atoms with Crippen molar-refractivity contribution in [1.29, 1.82) is 0 Å².